The quantitative estimate of drug-likeness (QED) is 0.161. The molecule has 0 aliphatic rings. The van der Waals surface area contributed by atoms with E-state index in [-0.39, 0.29) is 0 Å². The first-order valence-corrected chi connectivity index (χ1v) is 21.6. The van der Waals surface area contributed by atoms with Gasteiger partial charge in [0.25, 0.3) is 0 Å². The molecule has 0 fully saturated rings. The Labute approximate surface area is 355 Å². The summed E-state index contributed by atoms with van der Waals surface area (Å²) in [5, 5.41) is 14.6. The predicted octanol–water partition coefficient (Wildman–Crippen LogP) is 17.4. The Balaban J connectivity index is 1.11. The molecule has 0 spiro atoms. The van der Waals surface area contributed by atoms with Gasteiger partial charge in [0, 0.05) is 48.1 Å². The van der Waals surface area contributed by atoms with Crippen LogP contribution in [-0.4, -0.2) is 0 Å². The SMILES string of the molecule is c1ccc(-c2ccc(N(c3ccc4c5ccccc5c5ccccc5c4c3)c3cccc4oc5c(-c6cccc7c6sc6ccccc67)c6ccccc6cc5c34)cc2)cc1. The van der Waals surface area contributed by atoms with Crippen molar-refractivity contribution in [2.75, 3.05) is 4.90 Å². The molecule has 61 heavy (non-hydrogen) atoms. The number of nitrogens with zero attached hydrogens (tertiary/aromatic N) is 1. The van der Waals surface area contributed by atoms with E-state index >= 15 is 0 Å². The van der Waals surface area contributed by atoms with Gasteiger partial charge >= 0.3 is 0 Å². The van der Waals surface area contributed by atoms with E-state index in [0.29, 0.717) is 0 Å². The fraction of sp³-hybridized carbons (Fsp3) is 0. The van der Waals surface area contributed by atoms with Crippen LogP contribution in [0.4, 0.5) is 17.1 Å². The van der Waals surface area contributed by atoms with Crippen molar-refractivity contribution in [1.82, 2.24) is 0 Å². The number of fused-ring (bicyclic) bond motifs is 13. The number of rotatable bonds is 5. The second kappa shape index (κ2) is 13.4. The zero-order valence-electron chi connectivity index (χ0n) is 33.0. The zero-order chi connectivity index (χ0) is 40.0. The van der Waals surface area contributed by atoms with Gasteiger partial charge in [-0.05, 0) is 103 Å². The van der Waals surface area contributed by atoms with Gasteiger partial charge in [0.05, 0.1) is 11.1 Å². The summed E-state index contributed by atoms with van der Waals surface area (Å²) in [5.41, 5.74) is 9.68. The van der Waals surface area contributed by atoms with E-state index in [0.717, 1.165) is 44.6 Å². The molecule has 0 bridgehead atoms. The second-order valence-corrected chi connectivity index (χ2v) is 17.0. The summed E-state index contributed by atoms with van der Waals surface area (Å²) in [6, 6.07) is 77.3. The number of furan rings is 1. The van der Waals surface area contributed by atoms with Crippen LogP contribution < -0.4 is 4.90 Å². The first kappa shape index (κ1) is 34.2. The summed E-state index contributed by atoms with van der Waals surface area (Å²) < 4.78 is 9.73. The molecule has 2 aromatic heterocycles. The van der Waals surface area contributed by atoms with E-state index in [2.05, 4.69) is 217 Å². The van der Waals surface area contributed by atoms with Crippen molar-refractivity contribution in [2.45, 2.75) is 0 Å². The van der Waals surface area contributed by atoms with Crippen molar-refractivity contribution in [1.29, 1.82) is 0 Å². The van der Waals surface area contributed by atoms with Crippen molar-refractivity contribution in [3.05, 3.63) is 212 Å². The lowest BCUT2D eigenvalue weighted by atomic mass is 9.93. The molecule has 2 nitrogen and oxygen atoms in total. The molecule has 0 N–H and O–H groups in total. The average Bonchev–Trinajstić information content (AvgIpc) is 3.90. The molecule has 284 valence electrons. The number of hydrogen-bond donors (Lipinski definition) is 0. The minimum atomic E-state index is 0.857. The molecule has 0 unspecified atom stereocenters. The van der Waals surface area contributed by atoms with Gasteiger partial charge in [-0.3, -0.25) is 0 Å². The molecule has 11 aromatic carbocycles. The van der Waals surface area contributed by atoms with Crippen LogP contribution in [0.25, 0.3) is 107 Å². The summed E-state index contributed by atoms with van der Waals surface area (Å²) in [4.78, 5) is 2.43. The standard InChI is InChI=1S/C58H35NOS/c1-2-14-36(15-3-1)37-28-30-39(31-29-37)59(40-32-33-46-44-20-7-6-18-42(44)43-19-8-9-21-45(43)50(46)35-40)52-25-13-26-53-56(52)51-34-38-16-4-5-17-41(38)55(57(51)60-53)49-24-12-23-48-47-22-10-11-27-54(47)61-58(48)49/h1-35H. The summed E-state index contributed by atoms with van der Waals surface area (Å²) in [5.74, 6) is 0. The van der Waals surface area contributed by atoms with Gasteiger partial charge in [0.15, 0.2) is 0 Å². The minimum Gasteiger partial charge on any atom is -0.455 e. The highest BCUT2D eigenvalue weighted by Gasteiger charge is 2.24. The molecule has 0 saturated heterocycles. The molecular formula is C58H35NOS. The zero-order valence-corrected chi connectivity index (χ0v) is 33.8. The van der Waals surface area contributed by atoms with E-state index in [1.54, 1.807) is 0 Å². The maximum Gasteiger partial charge on any atom is 0.144 e. The van der Waals surface area contributed by atoms with Gasteiger partial charge < -0.3 is 9.32 Å². The largest absolute Gasteiger partial charge is 0.455 e. The average molecular weight is 794 g/mol. The van der Waals surface area contributed by atoms with Crippen LogP contribution in [0, 0.1) is 0 Å². The Morgan fingerprint density at radius 1 is 0.377 bits per heavy atom. The fourth-order valence-corrected chi connectivity index (χ4v) is 11.1. The Hall–Kier alpha value is -7.72. The van der Waals surface area contributed by atoms with E-state index in [1.807, 2.05) is 11.3 Å². The molecule has 0 amide bonds. The summed E-state index contributed by atoms with van der Waals surface area (Å²) in [6.45, 7) is 0. The highest BCUT2D eigenvalue weighted by molar-refractivity contribution is 7.26. The smallest absolute Gasteiger partial charge is 0.144 e. The molecule has 3 heteroatoms. The highest BCUT2D eigenvalue weighted by Crippen LogP contribution is 2.50. The molecule has 0 aliphatic carbocycles. The first-order chi connectivity index (χ1) is 30.3. The van der Waals surface area contributed by atoms with Crippen molar-refractivity contribution >= 4 is 114 Å². The van der Waals surface area contributed by atoms with Crippen LogP contribution in [-0.2, 0) is 0 Å². The van der Waals surface area contributed by atoms with E-state index in [1.165, 1.54) is 80.0 Å². The Morgan fingerprint density at radius 2 is 0.967 bits per heavy atom. The Morgan fingerprint density at radius 3 is 1.74 bits per heavy atom. The number of benzene rings is 11. The van der Waals surface area contributed by atoms with Gasteiger partial charge in [-0.25, -0.2) is 0 Å². The maximum atomic E-state index is 7.16. The third-order valence-corrected chi connectivity index (χ3v) is 13.8. The Bertz CT molecular complexity index is 3840. The molecular weight excluding hydrogens is 759 g/mol. The topological polar surface area (TPSA) is 16.4 Å². The van der Waals surface area contributed by atoms with Crippen LogP contribution in [0.2, 0.25) is 0 Å². The monoisotopic (exact) mass is 793 g/mol. The van der Waals surface area contributed by atoms with Crippen LogP contribution in [0.5, 0.6) is 0 Å². The molecule has 13 rings (SSSR count). The number of thiophene rings is 1. The van der Waals surface area contributed by atoms with Crippen LogP contribution in [0.3, 0.4) is 0 Å². The third-order valence-electron chi connectivity index (χ3n) is 12.6. The molecule has 0 atom stereocenters. The fourth-order valence-electron chi connectivity index (χ4n) is 9.90. The molecule has 0 saturated carbocycles. The summed E-state index contributed by atoms with van der Waals surface area (Å²) >= 11 is 1.86. The lowest BCUT2D eigenvalue weighted by Crippen LogP contribution is -2.10. The maximum absolute atomic E-state index is 7.16. The first-order valence-electron chi connectivity index (χ1n) is 20.8. The van der Waals surface area contributed by atoms with Gasteiger partial charge in [0.1, 0.15) is 11.2 Å². The van der Waals surface area contributed by atoms with Gasteiger partial charge in [-0.2, -0.15) is 0 Å². The lowest BCUT2D eigenvalue weighted by Gasteiger charge is -2.27. The summed E-state index contributed by atoms with van der Waals surface area (Å²) in [6.07, 6.45) is 0. The van der Waals surface area contributed by atoms with Crippen LogP contribution >= 0.6 is 11.3 Å². The summed E-state index contributed by atoms with van der Waals surface area (Å²) in [7, 11) is 0. The third kappa shape index (κ3) is 5.21. The van der Waals surface area contributed by atoms with E-state index in [9.17, 15) is 0 Å². The van der Waals surface area contributed by atoms with Gasteiger partial charge in [0.2, 0.25) is 0 Å². The highest BCUT2D eigenvalue weighted by atomic mass is 32.1. The number of hydrogen-bond acceptors (Lipinski definition) is 3. The molecule has 13 aromatic rings. The predicted molar refractivity (Wildman–Crippen MR) is 262 cm³/mol. The molecule has 0 aliphatic heterocycles. The Kier molecular flexibility index (Phi) is 7.51. The van der Waals surface area contributed by atoms with E-state index in [4.69, 9.17) is 4.42 Å². The molecule has 2 heterocycles. The lowest BCUT2D eigenvalue weighted by molar-refractivity contribution is 0.670. The van der Waals surface area contributed by atoms with Crippen LogP contribution in [0.1, 0.15) is 0 Å². The van der Waals surface area contributed by atoms with Crippen LogP contribution in [0.15, 0.2) is 217 Å². The minimum absolute atomic E-state index is 0.857. The van der Waals surface area contributed by atoms with E-state index < -0.39 is 0 Å². The normalized spacial score (nSPS) is 11.9. The van der Waals surface area contributed by atoms with Gasteiger partial charge in [-0.15, -0.1) is 11.3 Å². The van der Waals surface area contributed by atoms with Gasteiger partial charge in [-0.1, -0.05) is 164 Å². The van der Waals surface area contributed by atoms with Crippen molar-refractivity contribution in [3.8, 4) is 22.3 Å². The van der Waals surface area contributed by atoms with Crippen molar-refractivity contribution in [3.63, 3.8) is 0 Å². The van der Waals surface area contributed by atoms with Crippen molar-refractivity contribution in [2.24, 2.45) is 0 Å². The second-order valence-electron chi connectivity index (χ2n) is 16.0. The number of anilines is 3. The molecule has 0 radical (unpaired) electrons. The van der Waals surface area contributed by atoms with Crippen molar-refractivity contribution < 1.29 is 4.42 Å².